The summed E-state index contributed by atoms with van der Waals surface area (Å²) in [6.45, 7) is 3.58. The van der Waals surface area contributed by atoms with Gasteiger partial charge in [0, 0.05) is 24.7 Å². The summed E-state index contributed by atoms with van der Waals surface area (Å²) in [6, 6.07) is 5.08. The van der Waals surface area contributed by atoms with E-state index in [9.17, 15) is 24.5 Å². The maximum atomic E-state index is 13.0. The molecule has 1 saturated carbocycles. The van der Waals surface area contributed by atoms with E-state index >= 15 is 0 Å². The summed E-state index contributed by atoms with van der Waals surface area (Å²) < 4.78 is 0. The molecule has 1 heterocycles. The van der Waals surface area contributed by atoms with Crippen LogP contribution in [0.5, 0.6) is 0 Å². The second-order valence-electron chi connectivity index (χ2n) is 7.73. The first kappa shape index (κ1) is 20.8. The van der Waals surface area contributed by atoms with E-state index in [1.54, 1.807) is 11.0 Å². The van der Waals surface area contributed by atoms with Crippen LogP contribution in [0.25, 0.3) is 0 Å². The Bertz CT molecular complexity index is 836. The number of amides is 4. The molecule has 156 valence electrons. The molecule has 1 aromatic rings. The normalized spacial score (nSPS) is 22.5. The Hall–Kier alpha value is -2.97. The lowest BCUT2D eigenvalue weighted by molar-refractivity contribution is -0.385. The molecule has 1 saturated heterocycles. The van der Waals surface area contributed by atoms with E-state index in [2.05, 4.69) is 5.32 Å². The lowest BCUT2D eigenvalue weighted by Crippen LogP contribution is -2.48. The third-order valence-corrected chi connectivity index (χ3v) is 5.88. The predicted molar refractivity (Wildman–Crippen MR) is 105 cm³/mol. The molecule has 0 radical (unpaired) electrons. The highest BCUT2D eigenvalue weighted by molar-refractivity contribution is 6.09. The Morgan fingerprint density at radius 2 is 2.00 bits per heavy atom. The number of urea groups is 1. The predicted octanol–water partition coefficient (Wildman–Crippen LogP) is 2.54. The van der Waals surface area contributed by atoms with Gasteiger partial charge in [-0.05, 0) is 32.3 Å². The van der Waals surface area contributed by atoms with E-state index in [1.807, 2.05) is 6.92 Å². The molecule has 4 amide bonds. The third kappa shape index (κ3) is 3.94. The molecular formula is C20H26N4O5. The summed E-state index contributed by atoms with van der Waals surface area (Å²) in [5, 5.41) is 13.7. The van der Waals surface area contributed by atoms with Gasteiger partial charge in [-0.15, -0.1) is 0 Å². The van der Waals surface area contributed by atoms with Crippen molar-refractivity contribution in [2.45, 2.75) is 57.5 Å². The molecular weight excluding hydrogens is 376 g/mol. The maximum Gasteiger partial charge on any atom is 0.325 e. The highest BCUT2D eigenvalue weighted by Gasteiger charge is 2.50. The number of nitrogens with zero attached hydrogens (tertiary/aromatic N) is 3. The van der Waals surface area contributed by atoms with Crippen LogP contribution in [-0.4, -0.2) is 51.7 Å². The van der Waals surface area contributed by atoms with Crippen molar-refractivity contribution in [2.24, 2.45) is 0 Å². The lowest BCUT2D eigenvalue weighted by Gasteiger charge is -2.34. The Morgan fingerprint density at radius 1 is 1.31 bits per heavy atom. The first-order chi connectivity index (χ1) is 13.8. The van der Waals surface area contributed by atoms with Crippen LogP contribution in [0.1, 0.15) is 51.5 Å². The topological polar surface area (TPSA) is 113 Å². The summed E-state index contributed by atoms with van der Waals surface area (Å²) in [4.78, 5) is 51.6. The standard InChI is InChI=1S/C20H26N4O5/c1-3-22(15-9-5-4-6-10-15)17(25)13-23-18(26)20(2,21-19(23)27)14-8-7-11-16(12-14)24(28)29/h7-8,11-12,15H,3-6,9-10,13H2,1-2H3,(H,21,27). The van der Waals surface area contributed by atoms with E-state index in [0.717, 1.165) is 37.0 Å². The number of nitro benzene ring substituents is 1. The SMILES string of the molecule is CCN(C(=O)CN1C(=O)NC(C)(c2cccc([N+](=O)[O-])c2)C1=O)C1CCCCC1. The van der Waals surface area contributed by atoms with Crippen LogP contribution in [-0.2, 0) is 15.1 Å². The van der Waals surface area contributed by atoms with Gasteiger partial charge in [-0.25, -0.2) is 4.79 Å². The zero-order valence-electron chi connectivity index (χ0n) is 16.7. The molecule has 3 rings (SSSR count). The van der Waals surface area contributed by atoms with Crippen LogP contribution in [0.3, 0.4) is 0 Å². The molecule has 9 nitrogen and oxygen atoms in total. The Kier molecular flexibility index (Phi) is 5.86. The van der Waals surface area contributed by atoms with E-state index in [0.29, 0.717) is 12.1 Å². The highest BCUT2D eigenvalue weighted by atomic mass is 16.6. The van der Waals surface area contributed by atoms with Crippen LogP contribution in [0.2, 0.25) is 0 Å². The molecule has 1 aliphatic carbocycles. The van der Waals surface area contributed by atoms with Gasteiger partial charge in [-0.3, -0.25) is 24.6 Å². The van der Waals surface area contributed by atoms with Gasteiger partial charge in [-0.2, -0.15) is 0 Å². The second-order valence-corrected chi connectivity index (χ2v) is 7.73. The maximum absolute atomic E-state index is 13.0. The number of carbonyl (C=O) groups is 3. The van der Waals surface area contributed by atoms with Gasteiger partial charge in [0.2, 0.25) is 5.91 Å². The number of hydrogen-bond donors (Lipinski definition) is 1. The molecule has 0 spiro atoms. The fraction of sp³-hybridized carbons (Fsp3) is 0.550. The monoisotopic (exact) mass is 402 g/mol. The fourth-order valence-electron chi connectivity index (χ4n) is 4.22. The fourth-order valence-corrected chi connectivity index (χ4v) is 4.22. The average molecular weight is 402 g/mol. The molecule has 1 unspecified atom stereocenters. The summed E-state index contributed by atoms with van der Waals surface area (Å²) in [7, 11) is 0. The first-order valence-corrected chi connectivity index (χ1v) is 9.96. The molecule has 2 fully saturated rings. The minimum atomic E-state index is -1.45. The number of imide groups is 1. The summed E-state index contributed by atoms with van der Waals surface area (Å²) in [5.41, 5.74) is -1.32. The third-order valence-electron chi connectivity index (χ3n) is 5.88. The smallest absolute Gasteiger partial charge is 0.325 e. The van der Waals surface area contributed by atoms with Crippen molar-refractivity contribution in [1.82, 2.24) is 15.1 Å². The van der Waals surface area contributed by atoms with Crippen LogP contribution in [0.4, 0.5) is 10.5 Å². The molecule has 1 atom stereocenters. The molecule has 9 heteroatoms. The number of non-ortho nitro benzene ring substituents is 1. The number of hydrogen-bond acceptors (Lipinski definition) is 5. The Balaban J connectivity index is 1.78. The van der Waals surface area contributed by atoms with Gasteiger partial charge in [-0.1, -0.05) is 31.4 Å². The minimum absolute atomic E-state index is 0.144. The van der Waals surface area contributed by atoms with Crippen molar-refractivity contribution in [2.75, 3.05) is 13.1 Å². The summed E-state index contributed by atoms with van der Waals surface area (Å²) >= 11 is 0. The van der Waals surface area contributed by atoms with Crippen molar-refractivity contribution in [1.29, 1.82) is 0 Å². The number of likely N-dealkylation sites (N-methyl/N-ethyl adjacent to an activating group) is 1. The largest absolute Gasteiger partial charge is 0.338 e. The van der Waals surface area contributed by atoms with Crippen LogP contribution in [0.15, 0.2) is 24.3 Å². The van der Waals surface area contributed by atoms with E-state index in [4.69, 9.17) is 0 Å². The molecule has 2 aliphatic rings. The summed E-state index contributed by atoms with van der Waals surface area (Å²) in [5.74, 6) is -0.845. The molecule has 29 heavy (non-hydrogen) atoms. The molecule has 0 bridgehead atoms. The summed E-state index contributed by atoms with van der Waals surface area (Å²) in [6.07, 6.45) is 5.18. The molecule has 1 aromatic carbocycles. The van der Waals surface area contributed by atoms with Crippen molar-refractivity contribution >= 4 is 23.5 Å². The van der Waals surface area contributed by atoms with Crippen molar-refractivity contribution in [3.05, 3.63) is 39.9 Å². The minimum Gasteiger partial charge on any atom is -0.338 e. The highest BCUT2D eigenvalue weighted by Crippen LogP contribution is 2.31. The van der Waals surface area contributed by atoms with Gasteiger partial charge >= 0.3 is 6.03 Å². The van der Waals surface area contributed by atoms with Gasteiger partial charge in [0.1, 0.15) is 12.1 Å². The molecule has 1 N–H and O–H groups in total. The first-order valence-electron chi connectivity index (χ1n) is 9.96. The van der Waals surface area contributed by atoms with Crippen LogP contribution in [0, 0.1) is 10.1 Å². The van der Waals surface area contributed by atoms with Crippen molar-refractivity contribution in [3.8, 4) is 0 Å². The van der Waals surface area contributed by atoms with Crippen LogP contribution < -0.4 is 5.32 Å². The van der Waals surface area contributed by atoms with Crippen molar-refractivity contribution < 1.29 is 19.3 Å². The average Bonchev–Trinajstić information content (AvgIpc) is 2.93. The van der Waals surface area contributed by atoms with E-state index in [1.165, 1.54) is 25.1 Å². The second kappa shape index (κ2) is 8.18. The number of nitrogens with one attached hydrogen (secondary N) is 1. The lowest BCUT2D eigenvalue weighted by atomic mass is 9.91. The van der Waals surface area contributed by atoms with Crippen molar-refractivity contribution in [3.63, 3.8) is 0 Å². The van der Waals surface area contributed by atoms with Crippen LogP contribution >= 0.6 is 0 Å². The number of carbonyl (C=O) groups excluding carboxylic acids is 3. The van der Waals surface area contributed by atoms with E-state index in [-0.39, 0.29) is 24.2 Å². The quantitative estimate of drug-likeness (QED) is 0.446. The number of rotatable bonds is 6. The Morgan fingerprint density at radius 3 is 2.62 bits per heavy atom. The van der Waals surface area contributed by atoms with Gasteiger partial charge < -0.3 is 10.2 Å². The zero-order chi connectivity index (χ0) is 21.2. The van der Waals surface area contributed by atoms with Gasteiger partial charge in [0.05, 0.1) is 4.92 Å². The van der Waals surface area contributed by atoms with Gasteiger partial charge in [0.25, 0.3) is 11.6 Å². The number of nitro groups is 1. The van der Waals surface area contributed by atoms with E-state index < -0.39 is 22.4 Å². The Labute approximate surface area is 169 Å². The molecule has 1 aliphatic heterocycles. The molecule has 0 aromatic heterocycles. The van der Waals surface area contributed by atoms with Gasteiger partial charge in [0.15, 0.2) is 0 Å². The number of benzene rings is 1. The zero-order valence-corrected chi connectivity index (χ0v) is 16.7.